The number of aromatic nitrogens is 1. The molecule has 0 N–H and O–H groups in total. The highest BCUT2D eigenvalue weighted by Gasteiger charge is 2.18. The van der Waals surface area contributed by atoms with Crippen LogP contribution < -0.4 is 4.74 Å². The van der Waals surface area contributed by atoms with Crippen molar-refractivity contribution in [1.82, 2.24) is 4.98 Å². The van der Waals surface area contributed by atoms with E-state index in [9.17, 15) is 13.2 Å². The van der Waals surface area contributed by atoms with Gasteiger partial charge in [-0.15, -0.1) is 0 Å². The maximum Gasteiger partial charge on any atom is 0.269 e. The largest absolute Gasteiger partial charge is 0.481 e. The molecule has 1 aromatic heterocycles. The predicted molar refractivity (Wildman–Crippen MR) is 43.4 cm³/mol. The van der Waals surface area contributed by atoms with Gasteiger partial charge in [0.05, 0.1) is 17.1 Å². The van der Waals surface area contributed by atoms with Crippen LogP contribution in [0.15, 0.2) is 10.5 Å². The van der Waals surface area contributed by atoms with Crippen molar-refractivity contribution in [2.75, 3.05) is 7.11 Å². The quantitative estimate of drug-likeness (QED) is 0.759. The molecule has 1 aromatic rings. The molecule has 0 amide bonds. The number of pyridine rings is 1. The number of hydrogen-bond acceptors (Lipinski definition) is 2. The van der Waals surface area contributed by atoms with Crippen LogP contribution in [0.2, 0.25) is 0 Å². The fourth-order valence-corrected chi connectivity index (χ4v) is 1.12. The third kappa shape index (κ3) is 2.12. The summed E-state index contributed by atoms with van der Waals surface area (Å²) in [6, 6.07) is 0.950. The number of hydrogen-bond donors (Lipinski definition) is 0. The molecule has 0 aliphatic heterocycles. The summed E-state index contributed by atoms with van der Waals surface area (Å²) in [6.45, 7) is 0. The lowest BCUT2D eigenvalue weighted by atomic mass is 10.3. The molecule has 0 unspecified atom stereocenters. The van der Waals surface area contributed by atoms with Crippen LogP contribution in [-0.4, -0.2) is 12.1 Å². The molecule has 0 fully saturated rings. The summed E-state index contributed by atoms with van der Waals surface area (Å²) in [6.07, 6.45) is -2.74. The Kier molecular flexibility index (Phi) is 3.13. The SMILES string of the molecule is COc1nc(F)c(Br)cc1C(F)F. The molecule has 0 atom stereocenters. The summed E-state index contributed by atoms with van der Waals surface area (Å²) < 4.78 is 41.6. The summed E-state index contributed by atoms with van der Waals surface area (Å²) in [5.41, 5.74) is -0.434. The molecule has 0 radical (unpaired) electrons. The number of rotatable bonds is 2. The van der Waals surface area contributed by atoms with E-state index in [0.29, 0.717) is 0 Å². The molecule has 72 valence electrons. The predicted octanol–water partition coefficient (Wildman–Crippen LogP) is 2.93. The first-order valence-electron chi connectivity index (χ1n) is 3.24. The molecule has 0 aliphatic carbocycles. The van der Waals surface area contributed by atoms with Crippen molar-refractivity contribution < 1.29 is 17.9 Å². The normalized spacial score (nSPS) is 10.6. The van der Waals surface area contributed by atoms with Crippen LogP contribution in [0.4, 0.5) is 13.2 Å². The molecule has 1 heterocycles. The van der Waals surface area contributed by atoms with Crippen molar-refractivity contribution in [3.63, 3.8) is 0 Å². The van der Waals surface area contributed by atoms with Crippen LogP contribution >= 0.6 is 15.9 Å². The second-order valence-corrected chi connectivity index (χ2v) is 3.01. The Morgan fingerprint density at radius 1 is 1.54 bits per heavy atom. The second kappa shape index (κ2) is 3.95. The number of methoxy groups -OCH3 is 1. The molecule has 0 saturated heterocycles. The molecule has 1 rings (SSSR count). The van der Waals surface area contributed by atoms with Crippen LogP contribution in [0.1, 0.15) is 12.0 Å². The van der Waals surface area contributed by atoms with Gasteiger partial charge in [0, 0.05) is 0 Å². The van der Waals surface area contributed by atoms with E-state index < -0.39 is 23.8 Å². The summed E-state index contributed by atoms with van der Waals surface area (Å²) in [5.74, 6) is -1.27. The van der Waals surface area contributed by atoms with Gasteiger partial charge in [-0.3, -0.25) is 0 Å². The Labute approximate surface area is 80.9 Å². The Hall–Kier alpha value is -0.780. The summed E-state index contributed by atoms with van der Waals surface area (Å²) >= 11 is 2.75. The molecular formula is C7H5BrF3NO. The fraction of sp³-hybridized carbons (Fsp3) is 0.286. The Balaban J connectivity index is 3.25. The lowest BCUT2D eigenvalue weighted by Crippen LogP contribution is -1.98. The van der Waals surface area contributed by atoms with Gasteiger partial charge in [0.2, 0.25) is 11.8 Å². The first kappa shape index (κ1) is 10.3. The molecule has 6 heteroatoms. The lowest BCUT2D eigenvalue weighted by Gasteiger charge is -2.06. The van der Waals surface area contributed by atoms with Crippen LogP contribution in [-0.2, 0) is 0 Å². The van der Waals surface area contributed by atoms with Gasteiger partial charge in [-0.25, -0.2) is 8.78 Å². The average Bonchev–Trinajstić information content (AvgIpc) is 2.08. The van der Waals surface area contributed by atoms with Crippen molar-refractivity contribution >= 4 is 15.9 Å². The van der Waals surface area contributed by atoms with Crippen molar-refractivity contribution in [2.24, 2.45) is 0 Å². The highest BCUT2D eigenvalue weighted by Crippen LogP contribution is 2.30. The van der Waals surface area contributed by atoms with E-state index in [-0.39, 0.29) is 4.47 Å². The van der Waals surface area contributed by atoms with E-state index in [0.717, 1.165) is 13.2 Å². The smallest absolute Gasteiger partial charge is 0.269 e. The van der Waals surface area contributed by atoms with Crippen molar-refractivity contribution in [3.8, 4) is 5.88 Å². The maximum atomic E-state index is 12.7. The maximum absolute atomic E-state index is 12.7. The molecule has 2 nitrogen and oxygen atoms in total. The Morgan fingerprint density at radius 3 is 2.62 bits per heavy atom. The van der Waals surface area contributed by atoms with E-state index in [4.69, 9.17) is 0 Å². The van der Waals surface area contributed by atoms with E-state index in [2.05, 4.69) is 25.7 Å². The zero-order valence-electron chi connectivity index (χ0n) is 6.52. The Bertz CT molecular complexity index is 319. The molecule has 13 heavy (non-hydrogen) atoms. The van der Waals surface area contributed by atoms with Crippen LogP contribution in [0.5, 0.6) is 5.88 Å². The molecule has 0 spiro atoms. The zero-order valence-corrected chi connectivity index (χ0v) is 8.11. The van der Waals surface area contributed by atoms with Crippen LogP contribution in [0.25, 0.3) is 0 Å². The third-order valence-electron chi connectivity index (χ3n) is 1.35. The van der Waals surface area contributed by atoms with Gasteiger partial charge in [-0.1, -0.05) is 0 Å². The van der Waals surface area contributed by atoms with Crippen molar-refractivity contribution in [1.29, 1.82) is 0 Å². The second-order valence-electron chi connectivity index (χ2n) is 2.16. The highest BCUT2D eigenvalue weighted by atomic mass is 79.9. The van der Waals surface area contributed by atoms with Gasteiger partial charge >= 0.3 is 0 Å². The minimum Gasteiger partial charge on any atom is -0.481 e. The minimum absolute atomic E-state index is 0.108. The van der Waals surface area contributed by atoms with Gasteiger partial charge in [-0.05, 0) is 22.0 Å². The van der Waals surface area contributed by atoms with Gasteiger partial charge in [0.15, 0.2) is 0 Å². The first-order chi connectivity index (χ1) is 6.06. The van der Waals surface area contributed by atoms with Crippen LogP contribution in [0.3, 0.4) is 0 Å². The average molecular weight is 256 g/mol. The first-order valence-corrected chi connectivity index (χ1v) is 4.03. The zero-order chi connectivity index (χ0) is 10.0. The van der Waals surface area contributed by atoms with E-state index in [1.165, 1.54) is 0 Å². The van der Waals surface area contributed by atoms with Gasteiger partial charge in [0.25, 0.3) is 6.43 Å². The van der Waals surface area contributed by atoms with E-state index in [1.54, 1.807) is 0 Å². The fourth-order valence-electron chi connectivity index (χ4n) is 0.785. The topological polar surface area (TPSA) is 22.1 Å². The summed E-state index contributed by atoms with van der Waals surface area (Å²) in [5, 5.41) is 0. The molecular weight excluding hydrogens is 251 g/mol. The molecule has 0 aliphatic rings. The van der Waals surface area contributed by atoms with Gasteiger partial charge in [0.1, 0.15) is 0 Å². The number of ether oxygens (including phenoxy) is 1. The third-order valence-corrected chi connectivity index (χ3v) is 1.91. The molecule has 0 aromatic carbocycles. The van der Waals surface area contributed by atoms with Crippen LogP contribution in [0, 0.1) is 5.95 Å². The monoisotopic (exact) mass is 255 g/mol. The highest BCUT2D eigenvalue weighted by molar-refractivity contribution is 9.10. The standard InChI is InChI=1S/C7H5BrF3NO/c1-13-7-3(5(9)10)2-4(8)6(11)12-7/h2,5H,1H3. The summed E-state index contributed by atoms with van der Waals surface area (Å²) in [4.78, 5) is 3.20. The molecule has 0 saturated carbocycles. The summed E-state index contributed by atoms with van der Waals surface area (Å²) in [7, 11) is 1.15. The lowest BCUT2D eigenvalue weighted by molar-refractivity contribution is 0.145. The van der Waals surface area contributed by atoms with E-state index in [1.807, 2.05) is 0 Å². The minimum atomic E-state index is -2.74. The Morgan fingerprint density at radius 2 is 2.15 bits per heavy atom. The molecule has 0 bridgehead atoms. The number of halogens is 4. The van der Waals surface area contributed by atoms with Gasteiger partial charge in [-0.2, -0.15) is 9.37 Å². The van der Waals surface area contributed by atoms with Gasteiger partial charge < -0.3 is 4.74 Å². The van der Waals surface area contributed by atoms with Crippen molar-refractivity contribution in [2.45, 2.75) is 6.43 Å². The number of alkyl halides is 2. The number of nitrogens with zero attached hydrogens (tertiary/aromatic N) is 1. The van der Waals surface area contributed by atoms with Crippen molar-refractivity contribution in [3.05, 3.63) is 22.1 Å². The van der Waals surface area contributed by atoms with E-state index >= 15 is 0 Å².